The van der Waals surface area contributed by atoms with E-state index in [9.17, 15) is 9.59 Å². The maximum atomic E-state index is 12.8. The molecule has 32 heavy (non-hydrogen) atoms. The Kier molecular flexibility index (Phi) is 6.04. The van der Waals surface area contributed by atoms with E-state index in [1.54, 1.807) is 9.80 Å². The molecule has 168 valence electrons. The molecule has 2 aromatic rings. The van der Waals surface area contributed by atoms with Gasteiger partial charge in [0.25, 0.3) is 5.91 Å². The molecule has 2 aliphatic rings. The van der Waals surface area contributed by atoms with Gasteiger partial charge in [0.05, 0.1) is 17.6 Å². The highest BCUT2D eigenvalue weighted by Crippen LogP contribution is 2.34. The largest absolute Gasteiger partial charge is 0.370 e. The number of hydrogen-bond donors (Lipinski definition) is 2. The van der Waals surface area contributed by atoms with Crippen LogP contribution in [-0.2, 0) is 0 Å². The number of carbonyl (C=O) groups is 2. The summed E-state index contributed by atoms with van der Waals surface area (Å²) in [6.45, 7) is 5.44. The zero-order valence-electron chi connectivity index (χ0n) is 18.8. The molecule has 4 rings (SSSR count). The van der Waals surface area contributed by atoms with Gasteiger partial charge >= 0.3 is 6.03 Å². The van der Waals surface area contributed by atoms with Crippen LogP contribution >= 0.6 is 0 Å². The quantitative estimate of drug-likeness (QED) is 0.768. The summed E-state index contributed by atoms with van der Waals surface area (Å²) >= 11 is 0. The van der Waals surface area contributed by atoms with E-state index in [0.29, 0.717) is 19.0 Å². The number of nitrogens with one attached hydrogen (secondary N) is 2. The number of benzene rings is 1. The van der Waals surface area contributed by atoms with E-state index in [2.05, 4.69) is 33.2 Å². The Hall–Kier alpha value is -3.54. The third kappa shape index (κ3) is 4.40. The van der Waals surface area contributed by atoms with Crippen molar-refractivity contribution in [1.29, 1.82) is 5.26 Å². The van der Waals surface area contributed by atoms with E-state index in [1.165, 1.54) is 6.20 Å². The van der Waals surface area contributed by atoms with Gasteiger partial charge in [-0.1, -0.05) is 13.0 Å². The van der Waals surface area contributed by atoms with Crippen LogP contribution < -0.4 is 10.2 Å². The summed E-state index contributed by atoms with van der Waals surface area (Å²) in [5.74, 6) is 0.608. The Morgan fingerprint density at radius 3 is 2.53 bits per heavy atom. The van der Waals surface area contributed by atoms with Crippen molar-refractivity contribution in [3.05, 3.63) is 41.5 Å². The van der Waals surface area contributed by atoms with Gasteiger partial charge in [0.15, 0.2) is 5.82 Å². The lowest BCUT2D eigenvalue weighted by Crippen LogP contribution is -2.49. The first-order valence-electron chi connectivity index (χ1n) is 11.0. The second-order valence-corrected chi connectivity index (χ2v) is 8.90. The number of anilines is 2. The van der Waals surface area contributed by atoms with Crippen LogP contribution in [0.4, 0.5) is 16.2 Å². The molecule has 9 heteroatoms. The molecular weight excluding hydrogens is 406 g/mol. The highest BCUT2D eigenvalue weighted by atomic mass is 16.2. The van der Waals surface area contributed by atoms with Crippen molar-refractivity contribution in [2.24, 2.45) is 5.92 Å². The minimum atomic E-state index is -0.381. The standard InChI is InChI=1S/C23H29N7O2/c1-15-6-8-30(9-7-15)20-10-16(17-13-28(2)23(32)29(3)14-17)4-5-19(20)27-22(31)21-25-12-18(11-24)26-21/h4-5,10,12,15,17H,6-9,13-14H2,1-3H3,(H,25,26)(H,27,31). The highest BCUT2D eigenvalue weighted by molar-refractivity contribution is 6.03. The summed E-state index contributed by atoms with van der Waals surface area (Å²) in [6.07, 6.45) is 3.55. The Balaban J connectivity index is 1.62. The fourth-order valence-electron chi connectivity index (χ4n) is 4.47. The summed E-state index contributed by atoms with van der Waals surface area (Å²) in [5.41, 5.74) is 3.09. The Labute approximate surface area is 188 Å². The second kappa shape index (κ2) is 8.91. The molecule has 2 aliphatic heterocycles. The number of carbonyl (C=O) groups excluding carboxylic acids is 2. The highest BCUT2D eigenvalue weighted by Gasteiger charge is 2.29. The zero-order chi connectivity index (χ0) is 22.8. The number of piperidine rings is 1. The first-order valence-corrected chi connectivity index (χ1v) is 11.0. The van der Waals surface area contributed by atoms with E-state index in [-0.39, 0.29) is 29.4 Å². The lowest BCUT2D eigenvalue weighted by Gasteiger charge is -2.38. The lowest BCUT2D eigenvalue weighted by molar-refractivity contribution is 0.101. The molecule has 0 spiro atoms. The minimum absolute atomic E-state index is 0.0329. The van der Waals surface area contributed by atoms with Crippen LogP contribution in [0.5, 0.6) is 0 Å². The Morgan fingerprint density at radius 1 is 1.22 bits per heavy atom. The third-order valence-corrected chi connectivity index (χ3v) is 6.42. The molecule has 0 radical (unpaired) electrons. The van der Waals surface area contributed by atoms with E-state index in [0.717, 1.165) is 42.9 Å². The van der Waals surface area contributed by atoms with Gasteiger partial charge in [0, 0.05) is 46.2 Å². The maximum Gasteiger partial charge on any atom is 0.319 e. The Morgan fingerprint density at radius 2 is 1.91 bits per heavy atom. The van der Waals surface area contributed by atoms with Gasteiger partial charge in [-0.05, 0) is 36.5 Å². The summed E-state index contributed by atoms with van der Waals surface area (Å²) in [6, 6.07) is 8.09. The van der Waals surface area contributed by atoms with Gasteiger partial charge in [0.2, 0.25) is 0 Å². The van der Waals surface area contributed by atoms with Crippen molar-refractivity contribution >= 4 is 23.3 Å². The zero-order valence-corrected chi connectivity index (χ0v) is 18.8. The van der Waals surface area contributed by atoms with Gasteiger partial charge in [-0.2, -0.15) is 5.26 Å². The molecule has 9 nitrogen and oxygen atoms in total. The number of rotatable bonds is 4. The van der Waals surface area contributed by atoms with Crippen LogP contribution in [-0.4, -0.2) is 72.0 Å². The summed E-state index contributed by atoms with van der Waals surface area (Å²) in [7, 11) is 3.65. The maximum absolute atomic E-state index is 12.8. The van der Waals surface area contributed by atoms with Gasteiger partial charge in [-0.25, -0.2) is 9.78 Å². The van der Waals surface area contributed by atoms with E-state index < -0.39 is 0 Å². The van der Waals surface area contributed by atoms with Crippen molar-refractivity contribution < 1.29 is 9.59 Å². The fourth-order valence-corrected chi connectivity index (χ4v) is 4.47. The number of amides is 3. The molecular formula is C23H29N7O2. The van der Waals surface area contributed by atoms with Crippen molar-refractivity contribution in [3.8, 4) is 6.07 Å². The number of H-pyrrole nitrogens is 1. The van der Waals surface area contributed by atoms with E-state index in [4.69, 9.17) is 5.26 Å². The number of imidazole rings is 1. The lowest BCUT2D eigenvalue weighted by atomic mass is 9.94. The SMILES string of the molecule is CC1CCN(c2cc(C3CN(C)C(=O)N(C)C3)ccc2NC(=O)c2ncc(C#N)[nH]2)CC1. The smallest absolute Gasteiger partial charge is 0.319 e. The van der Waals surface area contributed by atoms with Crippen molar-refractivity contribution in [1.82, 2.24) is 19.8 Å². The first-order chi connectivity index (χ1) is 15.4. The number of aromatic amines is 1. The van der Waals surface area contributed by atoms with Crippen molar-refractivity contribution in [2.75, 3.05) is 50.5 Å². The number of nitriles is 1. The van der Waals surface area contributed by atoms with Crippen LogP contribution in [0.1, 0.15) is 47.6 Å². The molecule has 1 aromatic carbocycles. The molecule has 2 saturated heterocycles. The average molecular weight is 436 g/mol. The molecule has 0 saturated carbocycles. The van der Waals surface area contributed by atoms with Gasteiger partial charge in [0.1, 0.15) is 11.8 Å². The number of nitrogens with zero attached hydrogens (tertiary/aromatic N) is 5. The van der Waals surface area contributed by atoms with Crippen LogP contribution in [0.3, 0.4) is 0 Å². The average Bonchev–Trinajstić information content (AvgIpc) is 3.27. The fraction of sp³-hybridized carbons (Fsp3) is 0.478. The van der Waals surface area contributed by atoms with Gasteiger partial charge < -0.3 is 25.0 Å². The number of likely N-dealkylation sites (N-methyl/N-ethyl adjacent to an activating group) is 2. The van der Waals surface area contributed by atoms with Crippen LogP contribution in [0.25, 0.3) is 0 Å². The van der Waals surface area contributed by atoms with E-state index in [1.807, 2.05) is 32.3 Å². The van der Waals surface area contributed by atoms with Crippen LogP contribution in [0.2, 0.25) is 0 Å². The second-order valence-electron chi connectivity index (χ2n) is 8.90. The summed E-state index contributed by atoms with van der Waals surface area (Å²) in [5, 5.41) is 11.9. The first kappa shape index (κ1) is 21.7. The molecule has 0 aliphatic carbocycles. The molecule has 3 heterocycles. The minimum Gasteiger partial charge on any atom is -0.370 e. The van der Waals surface area contributed by atoms with Crippen LogP contribution in [0, 0.1) is 17.2 Å². The van der Waals surface area contributed by atoms with E-state index >= 15 is 0 Å². The molecule has 2 fully saturated rings. The molecule has 0 atom stereocenters. The predicted molar refractivity (Wildman–Crippen MR) is 122 cm³/mol. The van der Waals surface area contributed by atoms with Gasteiger partial charge in [-0.3, -0.25) is 4.79 Å². The monoisotopic (exact) mass is 435 g/mol. The molecule has 2 N–H and O–H groups in total. The molecule has 0 unspecified atom stereocenters. The molecule has 3 amide bonds. The Bertz CT molecular complexity index is 1030. The van der Waals surface area contributed by atoms with Crippen LogP contribution in [0.15, 0.2) is 24.4 Å². The van der Waals surface area contributed by atoms with Gasteiger partial charge in [-0.15, -0.1) is 0 Å². The predicted octanol–water partition coefficient (Wildman–Crippen LogP) is 2.85. The molecule has 0 bridgehead atoms. The normalized spacial score (nSPS) is 18.1. The topological polar surface area (TPSA) is 108 Å². The van der Waals surface area contributed by atoms with Crippen molar-refractivity contribution in [2.45, 2.75) is 25.7 Å². The summed E-state index contributed by atoms with van der Waals surface area (Å²) in [4.78, 5) is 37.4. The van der Waals surface area contributed by atoms with Crippen molar-refractivity contribution in [3.63, 3.8) is 0 Å². The third-order valence-electron chi connectivity index (χ3n) is 6.42. The summed E-state index contributed by atoms with van der Waals surface area (Å²) < 4.78 is 0. The number of hydrogen-bond acceptors (Lipinski definition) is 5. The number of urea groups is 1. The number of aromatic nitrogens is 2. The molecule has 1 aromatic heterocycles.